The number of thioether (sulfide) groups is 1. The molecule has 1 aliphatic heterocycles. The highest BCUT2D eigenvalue weighted by atomic mass is 32.2. The van der Waals surface area contributed by atoms with E-state index in [0.29, 0.717) is 12.2 Å². The average molecular weight is 1270 g/mol. The van der Waals surface area contributed by atoms with Crippen molar-refractivity contribution in [3.63, 3.8) is 0 Å². The topological polar surface area (TPSA) is 375 Å². The second-order valence-electron chi connectivity index (χ2n) is 21.8. The molecule has 0 radical (unpaired) electrons. The van der Waals surface area contributed by atoms with Crippen LogP contribution in [0.2, 0.25) is 0 Å². The Labute approximate surface area is 506 Å². The molecule has 0 bridgehead atoms. The third-order valence-corrected chi connectivity index (χ3v) is 17.9. The molecule has 1 saturated heterocycles. The van der Waals surface area contributed by atoms with Gasteiger partial charge >= 0.3 is 0 Å². The quantitative estimate of drug-likeness (QED) is 0.0235. The molecule has 3 rings (SSSR count). The third-order valence-electron chi connectivity index (χ3n) is 13.9. The summed E-state index contributed by atoms with van der Waals surface area (Å²) in [6.07, 6.45) is 41.7. The van der Waals surface area contributed by atoms with Crippen LogP contribution in [-0.4, -0.2) is 103 Å². The van der Waals surface area contributed by atoms with Crippen LogP contribution in [0.15, 0.2) is 61.3 Å². The van der Waals surface area contributed by atoms with Gasteiger partial charge in [0.05, 0.1) is 27.4 Å². The minimum atomic E-state index is -5.93. The Kier molecular flexibility index (Phi) is 37.8. The lowest BCUT2D eigenvalue weighted by Crippen LogP contribution is -2.46. The number of fused-ring (bicyclic) bond motifs is 1. The predicted molar refractivity (Wildman–Crippen MR) is 320 cm³/mol. The number of aliphatic hydroxyl groups excluding tert-OH is 2. The number of imidazole rings is 1. The van der Waals surface area contributed by atoms with Crippen LogP contribution in [0.5, 0.6) is 0 Å². The number of ether oxygens (including phenoxy) is 1. The molecule has 7 atom stereocenters. The van der Waals surface area contributed by atoms with Crippen LogP contribution < -0.4 is 35.9 Å². The number of carbonyl (C=O) groups excluding carboxylic acids is 3. The fourth-order valence-electron chi connectivity index (χ4n) is 9.09. The molecule has 3 heterocycles. The third kappa shape index (κ3) is 33.6. The maximum Gasteiger partial charge on any atom is 0.274 e. The lowest BCUT2D eigenvalue weighted by atomic mass is 9.87. The number of amides is 2. The number of nitrogens with one attached hydrogen (secondary N) is 2. The van der Waals surface area contributed by atoms with Gasteiger partial charge in [0.1, 0.15) is 36.3 Å². The van der Waals surface area contributed by atoms with Gasteiger partial charge in [0.2, 0.25) is 11.8 Å². The number of nitrogens with zero attached hydrogens (tertiary/aromatic N) is 4. The Morgan fingerprint density at radius 1 is 0.729 bits per heavy atom. The van der Waals surface area contributed by atoms with Crippen molar-refractivity contribution in [1.82, 2.24) is 30.2 Å². The molecule has 1 aliphatic rings. The molecule has 0 aromatic carbocycles. The standard InChI is InChI=1S/C57H98N7O17P3S/c1-4-5-6-7-8-9-10-11-12-13-14-15-16-17-18-19-20-21-22-23-24-25-26-27-28-29-30-31-32-33-34-35-36-37-48(66)85-41-40-59-47(65)38-39-60-55(69)52(68)57(2,3)43-78-84(75,76)81-83(73,74)77-42-46-51(80-82(70,71)72)50(67)56(79-46)64-45-63-49-53(58)61-44-62-54(49)64/h8-9,11-12,14-15,17-18,44-46,50-52,56,67-68H,4-7,10,13,16,19-43H2,1-3H3,(H,59,65)(H,60,69)(H,73,74)(H,75,76)(H2,58,61,62)(H2,70,71,72)/p-4/b9-8-,12-11-,15-14-,18-17-/t46-,50-,51-,52+,56-/m1/s1. The van der Waals surface area contributed by atoms with E-state index in [-0.39, 0.29) is 41.6 Å². The van der Waals surface area contributed by atoms with E-state index in [1.807, 2.05) is 0 Å². The number of rotatable bonds is 49. The lowest BCUT2D eigenvalue weighted by Gasteiger charge is -2.36. The Morgan fingerprint density at radius 2 is 1.25 bits per heavy atom. The van der Waals surface area contributed by atoms with Crippen LogP contribution >= 0.6 is 35.2 Å². The van der Waals surface area contributed by atoms with E-state index < -0.39 is 84.6 Å². The molecule has 2 aromatic rings. The number of anilines is 1. The molecule has 0 spiro atoms. The highest BCUT2D eigenvalue weighted by Crippen LogP contribution is 2.56. The van der Waals surface area contributed by atoms with Crippen molar-refractivity contribution >= 4 is 69.1 Å². The lowest BCUT2D eigenvalue weighted by molar-refractivity contribution is -0.347. The van der Waals surface area contributed by atoms with Crippen molar-refractivity contribution < 1.29 is 80.5 Å². The molecule has 484 valence electrons. The van der Waals surface area contributed by atoms with Gasteiger partial charge in [0.15, 0.2) is 22.8 Å². The van der Waals surface area contributed by atoms with Gasteiger partial charge in [-0.25, -0.2) is 19.3 Å². The van der Waals surface area contributed by atoms with Crippen molar-refractivity contribution in [3.8, 4) is 0 Å². The van der Waals surface area contributed by atoms with E-state index in [2.05, 4.69) is 99.0 Å². The maximum atomic E-state index is 12.7. The molecule has 1 fully saturated rings. The van der Waals surface area contributed by atoms with E-state index in [4.69, 9.17) is 10.5 Å². The van der Waals surface area contributed by atoms with E-state index in [9.17, 15) is 57.9 Å². The van der Waals surface area contributed by atoms with Gasteiger partial charge in [-0.1, -0.05) is 190 Å². The van der Waals surface area contributed by atoms with Crippen LogP contribution in [0.1, 0.15) is 200 Å². The van der Waals surface area contributed by atoms with Crippen molar-refractivity contribution in [3.05, 3.63) is 61.3 Å². The first-order valence-electron chi connectivity index (χ1n) is 30.1. The smallest absolute Gasteiger partial charge is 0.274 e. The van der Waals surface area contributed by atoms with Gasteiger partial charge < -0.3 is 69.0 Å². The monoisotopic (exact) mass is 1270 g/mol. The van der Waals surface area contributed by atoms with E-state index in [0.717, 1.165) is 67.5 Å². The number of unbranched alkanes of at least 4 members (excludes halogenated alkanes) is 20. The van der Waals surface area contributed by atoms with E-state index in [1.54, 1.807) is 0 Å². The summed E-state index contributed by atoms with van der Waals surface area (Å²) in [6.45, 7) is 2.42. The summed E-state index contributed by atoms with van der Waals surface area (Å²) in [6, 6.07) is 0. The SMILES string of the molecule is CCCCC/C=C\C/C=C\C/C=C\C/C=C\CCCCCCCCCCCCCCCCCCCC(=O)SCCNC(=O)CCNC(=O)[C@H](O)C(C)(C)COP(=O)([O-])OP(=O)([O-])OC[C@H]1O[C@@H](n2cnc3c(N)ncnc32)[C@H](O)[C@@H]1OP(=O)([O-])[O-]. The van der Waals surface area contributed by atoms with Crippen LogP contribution in [0, 0.1) is 5.41 Å². The number of hydrogen-bond acceptors (Lipinski definition) is 22. The summed E-state index contributed by atoms with van der Waals surface area (Å²) in [4.78, 5) is 97.3. The molecule has 6 N–H and O–H groups in total. The van der Waals surface area contributed by atoms with E-state index >= 15 is 0 Å². The highest BCUT2D eigenvalue weighted by Gasteiger charge is 2.47. The molecule has 0 saturated carbocycles. The first kappa shape index (κ1) is 75.8. The predicted octanol–water partition coefficient (Wildman–Crippen LogP) is 8.52. The van der Waals surface area contributed by atoms with Gasteiger partial charge in [-0.2, -0.15) is 0 Å². The van der Waals surface area contributed by atoms with Crippen LogP contribution in [0.3, 0.4) is 0 Å². The Bertz CT molecular complexity index is 2510. The van der Waals surface area contributed by atoms with Crippen molar-refractivity contribution in [2.45, 2.75) is 225 Å². The molecule has 2 aromatic heterocycles. The molecule has 0 aliphatic carbocycles. The van der Waals surface area contributed by atoms with Crippen LogP contribution in [-0.2, 0) is 50.7 Å². The van der Waals surface area contributed by atoms with Gasteiger partial charge in [0.25, 0.3) is 15.6 Å². The number of phosphoric ester groups is 3. The zero-order valence-corrected chi connectivity index (χ0v) is 53.4. The molecular weight excluding hydrogens is 1180 g/mol. The number of phosphoric acid groups is 3. The number of nitrogen functional groups attached to an aromatic ring is 1. The maximum absolute atomic E-state index is 12.7. The first-order chi connectivity index (χ1) is 40.6. The molecule has 2 amide bonds. The van der Waals surface area contributed by atoms with Crippen LogP contribution in [0.25, 0.3) is 11.2 Å². The molecule has 28 heteroatoms. The van der Waals surface area contributed by atoms with Crippen molar-refractivity contribution in [2.24, 2.45) is 5.41 Å². The summed E-state index contributed by atoms with van der Waals surface area (Å²) in [5.41, 5.74) is 4.10. The molecule has 85 heavy (non-hydrogen) atoms. The number of nitrogens with two attached hydrogens (primary N) is 1. The zero-order valence-electron chi connectivity index (χ0n) is 49.9. The summed E-state index contributed by atoms with van der Waals surface area (Å²) < 4.78 is 61.1. The molecular formula is C57H94N7O17P3S-4. The second-order valence-corrected chi connectivity index (χ2v) is 27.1. The fraction of sp³-hybridized carbons (Fsp3) is 0.719. The number of carbonyl (C=O) groups is 3. The minimum Gasteiger partial charge on any atom is -0.790 e. The fourth-order valence-corrected chi connectivity index (χ4v) is 12.5. The Balaban J connectivity index is 1.13. The normalized spacial score (nSPS) is 18.7. The van der Waals surface area contributed by atoms with Crippen molar-refractivity contribution in [1.29, 1.82) is 0 Å². The first-order valence-corrected chi connectivity index (χ1v) is 35.5. The summed E-state index contributed by atoms with van der Waals surface area (Å²) >= 11 is 1.15. The molecule has 24 nitrogen and oxygen atoms in total. The van der Waals surface area contributed by atoms with Crippen LogP contribution in [0.4, 0.5) is 5.82 Å². The largest absolute Gasteiger partial charge is 0.790 e. The number of allylic oxidation sites excluding steroid dienone is 8. The number of aliphatic hydroxyl groups is 2. The molecule has 2 unspecified atom stereocenters. The Hall–Kier alpha value is -3.48. The van der Waals surface area contributed by atoms with Gasteiger partial charge in [0, 0.05) is 37.1 Å². The Morgan fingerprint density at radius 3 is 1.80 bits per heavy atom. The van der Waals surface area contributed by atoms with E-state index in [1.165, 1.54) is 136 Å². The van der Waals surface area contributed by atoms with Gasteiger partial charge in [-0.15, -0.1) is 0 Å². The highest BCUT2D eigenvalue weighted by molar-refractivity contribution is 8.13. The summed E-state index contributed by atoms with van der Waals surface area (Å²) in [7, 11) is -17.6. The van der Waals surface area contributed by atoms with Crippen molar-refractivity contribution in [2.75, 3.05) is 37.8 Å². The minimum absolute atomic E-state index is 0.0182. The summed E-state index contributed by atoms with van der Waals surface area (Å²) in [5.74, 6) is -1.13. The average Bonchev–Trinajstić information content (AvgIpc) is 2.05. The second kappa shape index (κ2) is 42.4. The van der Waals surface area contributed by atoms with Gasteiger partial charge in [-0.3, -0.25) is 28.1 Å². The number of hydrogen-bond donors (Lipinski definition) is 5. The number of aromatic nitrogens is 4. The van der Waals surface area contributed by atoms with Gasteiger partial charge in [-0.05, 0) is 51.4 Å². The zero-order chi connectivity index (χ0) is 62.4. The summed E-state index contributed by atoms with van der Waals surface area (Å²) in [5, 5.41) is 26.6.